The van der Waals surface area contributed by atoms with Crippen LogP contribution in [0.4, 0.5) is 4.39 Å². The Bertz CT molecular complexity index is 543. The smallest absolute Gasteiger partial charge is 0.164 e. The van der Waals surface area contributed by atoms with Crippen molar-refractivity contribution in [1.29, 1.82) is 0 Å². The van der Waals surface area contributed by atoms with Crippen LogP contribution in [0.5, 0.6) is 0 Å². The van der Waals surface area contributed by atoms with Crippen molar-refractivity contribution in [1.82, 2.24) is 4.90 Å². The predicted octanol–water partition coefficient (Wildman–Crippen LogP) is 1.37. The van der Waals surface area contributed by atoms with Crippen molar-refractivity contribution in [2.45, 2.75) is 6.42 Å². The number of benzene rings is 1. The minimum absolute atomic E-state index is 0.0671. The maximum absolute atomic E-state index is 12.9. The van der Waals surface area contributed by atoms with Crippen LogP contribution in [0, 0.1) is 5.82 Å². The monoisotopic (exact) mass is 287 g/mol. The van der Waals surface area contributed by atoms with E-state index in [1.54, 1.807) is 18.0 Å². The van der Waals surface area contributed by atoms with Crippen molar-refractivity contribution in [2.75, 3.05) is 32.1 Å². The first-order valence-corrected chi connectivity index (χ1v) is 7.99. The van der Waals surface area contributed by atoms with Crippen LogP contribution in [0.2, 0.25) is 0 Å². The first-order valence-electron chi connectivity index (χ1n) is 5.93. The SMILES string of the molecule is CN(CCC(=O)c1cccc(F)c1)CCS(C)(=O)=O. The number of hydrogen-bond donors (Lipinski definition) is 0. The predicted molar refractivity (Wildman–Crippen MR) is 72.6 cm³/mol. The van der Waals surface area contributed by atoms with Crippen LogP contribution in [0.1, 0.15) is 16.8 Å². The second kappa shape index (κ2) is 6.77. The third-order valence-corrected chi connectivity index (χ3v) is 3.64. The van der Waals surface area contributed by atoms with Gasteiger partial charge < -0.3 is 4.90 Å². The Morgan fingerprint density at radius 3 is 2.58 bits per heavy atom. The van der Waals surface area contributed by atoms with Gasteiger partial charge in [-0.15, -0.1) is 0 Å². The molecule has 4 nitrogen and oxygen atoms in total. The molecule has 1 rings (SSSR count). The summed E-state index contributed by atoms with van der Waals surface area (Å²) in [6.45, 7) is 0.833. The summed E-state index contributed by atoms with van der Waals surface area (Å²) in [6, 6.07) is 5.56. The van der Waals surface area contributed by atoms with Gasteiger partial charge in [0.1, 0.15) is 15.7 Å². The van der Waals surface area contributed by atoms with Gasteiger partial charge in [-0.3, -0.25) is 4.79 Å². The number of carbonyl (C=O) groups is 1. The highest BCUT2D eigenvalue weighted by Gasteiger charge is 2.10. The maximum atomic E-state index is 12.9. The van der Waals surface area contributed by atoms with Gasteiger partial charge in [0.2, 0.25) is 0 Å². The van der Waals surface area contributed by atoms with E-state index in [0.29, 0.717) is 18.7 Å². The van der Waals surface area contributed by atoms with Crippen molar-refractivity contribution in [2.24, 2.45) is 0 Å². The van der Waals surface area contributed by atoms with Crippen LogP contribution < -0.4 is 0 Å². The minimum Gasteiger partial charge on any atom is -0.305 e. The zero-order valence-electron chi connectivity index (χ0n) is 11.1. The molecule has 0 spiro atoms. The minimum atomic E-state index is -2.99. The molecule has 1 aromatic carbocycles. The van der Waals surface area contributed by atoms with Gasteiger partial charge in [-0.2, -0.15) is 0 Å². The fourth-order valence-electron chi connectivity index (χ4n) is 1.53. The van der Waals surface area contributed by atoms with Crippen LogP contribution in [-0.2, 0) is 9.84 Å². The summed E-state index contributed by atoms with van der Waals surface area (Å²) < 4.78 is 34.9. The lowest BCUT2D eigenvalue weighted by atomic mass is 10.1. The first-order chi connectivity index (χ1) is 8.78. The van der Waals surface area contributed by atoms with E-state index < -0.39 is 15.7 Å². The average molecular weight is 287 g/mol. The molecule has 0 bridgehead atoms. The van der Waals surface area contributed by atoms with Crippen LogP contribution in [0.15, 0.2) is 24.3 Å². The van der Waals surface area contributed by atoms with Gasteiger partial charge >= 0.3 is 0 Å². The third-order valence-electron chi connectivity index (χ3n) is 2.71. The Balaban J connectivity index is 2.42. The quantitative estimate of drug-likeness (QED) is 0.711. The highest BCUT2D eigenvalue weighted by Crippen LogP contribution is 2.07. The molecular weight excluding hydrogens is 269 g/mol. The van der Waals surface area contributed by atoms with E-state index in [4.69, 9.17) is 0 Å². The molecule has 0 amide bonds. The standard InChI is InChI=1S/C13H18FNO3S/c1-15(8-9-19(2,17)18)7-6-13(16)11-4-3-5-12(14)10-11/h3-5,10H,6-9H2,1-2H3. The number of carbonyl (C=O) groups excluding carboxylic acids is 1. The molecule has 0 saturated heterocycles. The molecule has 0 aromatic heterocycles. The Labute approximate surface area is 113 Å². The van der Waals surface area contributed by atoms with Gasteiger partial charge in [0, 0.05) is 31.3 Å². The Kier molecular flexibility index (Phi) is 5.62. The largest absolute Gasteiger partial charge is 0.305 e. The summed E-state index contributed by atoms with van der Waals surface area (Å²) in [6.07, 6.45) is 1.42. The van der Waals surface area contributed by atoms with Gasteiger partial charge in [0.25, 0.3) is 0 Å². The second-order valence-electron chi connectivity index (χ2n) is 4.62. The van der Waals surface area contributed by atoms with Gasteiger partial charge in [-0.25, -0.2) is 12.8 Å². The van der Waals surface area contributed by atoms with Gasteiger partial charge in [-0.05, 0) is 19.2 Å². The molecule has 6 heteroatoms. The van der Waals surface area contributed by atoms with Crippen LogP contribution in [0.3, 0.4) is 0 Å². The first kappa shape index (κ1) is 15.8. The molecule has 0 heterocycles. The topological polar surface area (TPSA) is 54.5 Å². The fraction of sp³-hybridized carbons (Fsp3) is 0.462. The lowest BCUT2D eigenvalue weighted by molar-refractivity contribution is 0.0969. The van der Waals surface area contributed by atoms with Crippen molar-refractivity contribution in [3.63, 3.8) is 0 Å². The summed E-state index contributed by atoms with van der Waals surface area (Å²) in [4.78, 5) is 13.6. The van der Waals surface area contributed by atoms with E-state index in [9.17, 15) is 17.6 Å². The van der Waals surface area contributed by atoms with E-state index >= 15 is 0 Å². The second-order valence-corrected chi connectivity index (χ2v) is 6.88. The Morgan fingerprint density at radius 1 is 1.32 bits per heavy atom. The normalized spacial score (nSPS) is 11.8. The van der Waals surface area contributed by atoms with E-state index in [-0.39, 0.29) is 18.0 Å². The third kappa shape index (κ3) is 6.45. The van der Waals surface area contributed by atoms with Crippen LogP contribution in [0.25, 0.3) is 0 Å². The van der Waals surface area contributed by atoms with E-state index in [1.165, 1.54) is 24.5 Å². The van der Waals surface area contributed by atoms with E-state index in [2.05, 4.69) is 0 Å². The molecule has 0 unspecified atom stereocenters. The molecule has 0 aliphatic carbocycles. The van der Waals surface area contributed by atoms with Crippen molar-refractivity contribution >= 4 is 15.6 Å². The number of rotatable bonds is 7. The molecule has 1 aromatic rings. The van der Waals surface area contributed by atoms with Crippen LogP contribution in [-0.4, -0.2) is 51.2 Å². The van der Waals surface area contributed by atoms with Gasteiger partial charge in [0.05, 0.1) is 5.75 Å². The maximum Gasteiger partial charge on any atom is 0.164 e. The summed E-state index contributed by atoms with van der Waals surface area (Å²) in [5.74, 6) is -0.514. The molecule has 0 atom stereocenters. The molecule has 19 heavy (non-hydrogen) atoms. The number of ketones is 1. The van der Waals surface area contributed by atoms with Gasteiger partial charge in [-0.1, -0.05) is 12.1 Å². The summed E-state index contributed by atoms with van der Waals surface area (Å²) >= 11 is 0. The van der Waals surface area contributed by atoms with Crippen molar-refractivity contribution < 1.29 is 17.6 Å². The van der Waals surface area contributed by atoms with Crippen molar-refractivity contribution in [3.8, 4) is 0 Å². The highest BCUT2D eigenvalue weighted by atomic mass is 32.2. The lowest BCUT2D eigenvalue weighted by Gasteiger charge is -2.15. The Morgan fingerprint density at radius 2 is 2.00 bits per heavy atom. The van der Waals surface area contributed by atoms with E-state index in [1.807, 2.05) is 0 Å². The Hall–Kier alpha value is -1.27. The van der Waals surface area contributed by atoms with Crippen LogP contribution >= 0.6 is 0 Å². The van der Waals surface area contributed by atoms with E-state index in [0.717, 1.165) is 0 Å². The van der Waals surface area contributed by atoms with Gasteiger partial charge in [0.15, 0.2) is 5.78 Å². The fourth-order valence-corrected chi connectivity index (χ4v) is 2.18. The summed E-state index contributed by atoms with van der Waals surface area (Å²) in [7, 11) is -1.24. The molecule has 0 N–H and O–H groups in total. The number of halogens is 1. The zero-order valence-corrected chi connectivity index (χ0v) is 11.9. The lowest BCUT2D eigenvalue weighted by Crippen LogP contribution is -2.27. The molecule has 0 saturated carbocycles. The molecule has 106 valence electrons. The van der Waals surface area contributed by atoms with Crippen molar-refractivity contribution in [3.05, 3.63) is 35.6 Å². The molecule has 0 fully saturated rings. The number of hydrogen-bond acceptors (Lipinski definition) is 4. The summed E-state index contributed by atoms with van der Waals surface area (Å²) in [5, 5.41) is 0. The summed E-state index contributed by atoms with van der Waals surface area (Å²) in [5.41, 5.74) is 0.344. The molecule has 0 aliphatic heterocycles. The highest BCUT2D eigenvalue weighted by molar-refractivity contribution is 7.90. The number of nitrogens with zero attached hydrogens (tertiary/aromatic N) is 1. The molecule has 0 radical (unpaired) electrons. The average Bonchev–Trinajstić information content (AvgIpc) is 2.32. The zero-order chi connectivity index (χ0) is 14.5. The molecular formula is C13H18FNO3S. The molecule has 0 aliphatic rings. The number of sulfone groups is 1. The number of Topliss-reactive ketones (excluding diaryl/α,β-unsaturated/α-hetero) is 1.